The molecule has 1 atom stereocenters. The molecule has 1 amide bonds. The highest BCUT2D eigenvalue weighted by Crippen LogP contribution is 2.33. The molecule has 1 aliphatic rings. The SMILES string of the molecule is Cc1cc(C(=O)NC(CC2CC2)C(=O)O)on1. The van der Waals surface area contributed by atoms with Gasteiger partial charge in [0, 0.05) is 6.07 Å². The van der Waals surface area contributed by atoms with Gasteiger partial charge >= 0.3 is 5.97 Å². The van der Waals surface area contributed by atoms with Crippen molar-refractivity contribution in [2.75, 3.05) is 0 Å². The molecule has 0 aromatic carbocycles. The molecule has 17 heavy (non-hydrogen) atoms. The van der Waals surface area contributed by atoms with Crippen molar-refractivity contribution in [2.24, 2.45) is 5.92 Å². The number of nitrogens with zero attached hydrogens (tertiary/aromatic N) is 1. The summed E-state index contributed by atoms with van der Waals surface area (Å²) in [5, 5.41) is 15.0. The molecule has 2 N–H and O–H groups in total. The van der Waals surface area contributed by atoms with E-state index in [0.717, 1.165) is 12.8 Å². The molecule has 0 aliphatic heterocycles. The van der Waals surface area contributed by atoms with Crippen molar-refractivity contribution >= 4 is 11.9 Å². The van der Waals surface area contributed by atoms with Crippen LogP contribution in [0.1, 0.15) is 35.5 Å². The normalized spacial score (nSPS) is 16.5. The molecule has 92 valence electrons. The lowest BCUT2D eigenvalue weighted by Gasteiger charge is -2.12. The van der Waals surface area contributed by atoms with E-state index < -0.39 is 17.9 Å². The first-order valence-corrected chi connectivity index (χ1v) is 5.53. The molecule has 1 aliphatic carbocycles. The lowest BCUT2D eigenvalue weighted by molar-refractivity contribution is -0.139. The lowest BCUT2D eigenvalue weighted by atomic mass is 10.1. The molecule has 0 saturated heterocycles. The van der Waals surface area contributed by atoms with Gasteiger partial charge in [-0.15, -0.1) is 0 Å². The van der Waals surface area contributed by atoms with E-state index in [1.165, 1.54) is 6.07 Å². The van der Waals surface area contributed by atoms with Crippen LogP contribution in [0, 0.1) is 12.8 Å². The summed E-state index contributed by atoms with van der Waals surface area (Å²) in [6.45, 7) is 1.69. The summed E-state index contributed by atoms with van der Waals surface area (Å²) in [6.07, 6.45) is 2.57. The number of hydrogen-bond acceptors (Lipinski definition) is 4. The van der Waals surface area contributed by atoms with E-state index in [1.807, 2.05) is 0 Å². The number of aromatic nitrogens is 1. The number of amides is 1. The lowest BCUT2D eigenvalue weighted by Crippen LogP contribution is -2.41. The maximum Gasteiger partial charge on any atom is 0.326 e. The van der Waals surface area contributed by atoms with Crippen molar-refractivity contribution in [2.45, 2.75) is 32.2 Å². The molecule has 0 radical (unpaired) electrons. The number of aryl methyl sites for hydroxylation is 1. The molecule has 1 heterocycles. The first-order valence-electron chi connectivity index (χ1n) is 5.53. The van der Waals surface area contributed by atoms with Crippen LogP contribution in [-0.2, 0) is 4.79 Å². The van der Waals surface area contributed by atoms with Crippen LogP contribution in [0.25, 0.3) is 0 Å². The van der Waals surface area contributed by atoms with Crippen molar-refractivity contribution in [3.8, 4) is 0 Å². The van der Waals surface area contributed by atoms with Gasteiger partial charge in [0.1, 0.15) is 6.04 Å². The maximum atomic E-state index is 11.7. The topological polar surface area (TPSA) is 92.4 Å². The molecule has 1 aromatic rings. The van der Waals surface area contributed by atoms with E-state index >= 15 is 0 Å². The van der Waals surface area contributed by atoms with Crippen LogP contribution in [0.5, 0.6) is 0 Å². The van der Waals surface area contributed by atoms with E-state index in [2.05, 4.69) is 10.5 Å². The standard InChI is InChI=1S/C11H14N2O4/c1-6-4-9(17-13-6)10(14)12-8(11(15)16)5-7-2-3-7/h4,7-8H,2-3,5H2,1H3,(H,12,14)(H,15,16). The monoisotopic (exact) mass is 238 g/mol. The van der Waals surface area contributed by atoms with Crippen molar-refractivity contribution in [1.29, 1.82) is 0 Å². The minimum Gasteiger partial charge on any atom is -0.480 e. The summed E-state index contributed by atoms with van der Waals surface area (Å²) in [4.78, 5) is 22.6. The van der Waals surface area contributed by atoms with Crippen molar-refractivity contribution < 1.29 is 19.2 Å². The molecular weight excluding hydrogens is 224 g/mol. The Morgan fingerprint density at radius 2 is 2.35 bits per heavy atom. The van der Waals surface area contributed by atoms with Gasteiger partial charge in [-0.2, -0.15) is 0 Å². The first-order chi connectivity index (χ1) is 8.06. The Kier molecular flexibility index (Phi) is 3.12. The number of carbonyl (C=O) groups excluding carboxylic acids is 1. The van der Waals surface area contributed by atoms with Crippen LogP contribution >= 0.6 is 0 Å². The fourth-order valence-electron chi connectivity index (χ4n) is 1.61. The summed E-state index contributed by atoms with van der Waals surface area (Å²) in [5.74, 6) is -1.07. The summed E-state index contributed by atoms with van der Waals surface area (Å²) in [7, 11) is 0. The van der Waals surface area contributed by atoms with Crippen LogP contribution < -0.4 is 5.32 Å². The Balaban J connectivity index is 1.96. The number of carboxylic acids is 1. The maximum absolute atomic E-state index is 11.7. The van der Waals surface area contributed by atoms with E-state index in [0.29, 0.717) is 18.0 Å². The minimum absolute atomic E-state index is 0.0459. The van der Waals surface area contributed by atoms with E-state index in [1.54, 1.807) is 6.92 Å². The van der Waals surface area contributed by atoms with Crippen LogP contribution in [0.15, 0.2) is 10.6 Å². The van der Waals surface area contributed by atoms with Crippen molar-refractivity contribution in [3.05, 3.63) is 17.5 Å². The molecule has 6 nitrogen and oxygen atoms in total. The van der Waals surface area contributed by atoms with Crippen molar-refractivity contribution in [3.63, 3.8) is 0 Å². The van der Waals surface area contributed by atoms with Crippen LogP contribution in [0.2, 0.25) is 0 Å². The van der Waals surface area contributed by atoms with Gasteiger partial charge in [-0.1, -0.05) is 18.0 Å². The zero-order valence-electron chi connectivity index (χ0n) is 9.47. The number of aliphatic carboxylic acids is 1. The van der Waals surface area contributed by atoms with Gasteiger partial charge in [0.15, 0.2) is 0 Å². The van der Waals surface area contributed by atoms with Gasteiger partial charge in [0.05, 0.1) is 5.69 Å². The fraction of sp³-hybridized carbons (Fsp3) is 0.545. The van der Waals surface area contributed by atoms with Gasteiger partial charge in [-0.25, -0.2) is 4.79 Å². The van der Waals surface area contributed by atoms with Crippen LogP contribution in [0.4, 0.5) is 0 Å². The Morgan fingerprint density at radius 1 is 1.65 bits per heavy atom. The van der Waals surface area contributed by atoms with Crippen LogP contribution in [0.3, 0.4) is 0 Å². The highest BCUT2D eigenvalue weighted by atomic mass is 16.5. The zero-order valence-corrected chi connectivity index (χ0v) is 9.47. The van der Waals surface area contributed by atoms with Gasteiger partial charge < -0.3 is 14.9 Å². The average Bonchev–Trinajstić information content (AvgIpc) is 2.97. The molecule has 1 unspecified atom stereocenters. The van der Waals surface area contributed by atoms with Gasteiger partial charge in [-0.3, -0.25) is 4.79 Å². The van der Waals surface area contributed by atoms with E-state index in [4.69, 9.17) is 9.63 Å². The second-order valence-electron chi connectivity index (χ2n) is 4.38. The minimum atomic E-state index is -1.01. The Morgan fingerprint density at radius 3 is 2.82 bits per heavy atom. The average molecular weight is 238 g/mol. The van der Waals surface area contributed by atoms with Gasteiger partial charge in [0.2, 0.25) is 5.76 Å². The number of carboxylic acid groups (broad SMARTS) is 1. The second kappa shape index (κ2) is 4.57. The molecular formula is C11H14N2O4. The highest BCUT2D eigenvalue weighted by molar-refractivity contribution is 5.94. The van der Waals surface area contributed by atoms with Crippen molar-refractivity contribution in [1.82, 2.24) is 10.5 Å². The van der Waals surface area contributed by atoms with Gasteiger partial charge in [0.25, 0.3) is 5.91 Å². The smallest absolute Gasteiger partial charge is 0.326 e. The Hall–Kier alpha value is -1.85. The molecule has 0 bridgehead atoms. The number of rotatable bonds is 5. The number of nitrogens with one attached hydrogen (secondary N) is 1. The third-order valence-corrected chi connectivity index (χ3v) is 2.72. The molecule has 1 saturated carbocycles. The molecule has 1 fully saturated rings. The number of carbonyl (C=O) groups is 2. The summed E-state index contributed by atoms with van der Waals surface area (Å²) in [5.41, 5.74) is 0.587. The zero-order chi connectivity index (χ0) is 12.4. The summed E-state index contributed by atoms with van der Waals surface area (Å²) >= 11 is 0. The fourth-order valence-corrected chi connectivity index (χ4v) is 1.61. The first kappa shape index (κ1) is 11.6. The summed E-state index contributed by atoms with van der Waals surface area (Å²) in [6, 6.07) is 0.631. The third-order valence-electron chi connectivity index (χ3n) is 2.72. The molecule has 1 aromatic heterocycles. The predicted octanol–water partition coefficient (Wildman–Crippen LogP) is 0.966. The largest absolute Gasteiger partial charge is 0.480 e. The molecule has 0 spiro atoms. The molecule has 2 rings (SSSR count). The van der Waals surface area contributed by atoms with E-state index in [9.17, 15) is 9.59 Å². The predicted molar refractivity (Wildman–Crippen MR) is 57.5 cm³/mol. The summed E-state index contributed by atoms with van der Waals surface area (Å²) < 4.78 is 4.77. The molecule has 6 heteroatoms. The highest BCUT2D eigenvalue weighted by Gasteiger charge is 2.30. The van der Waals surface area contributed by atoms with Crippen LogP contribution in [-0.4, -0.2) is 28.2 Å². The van der Waals surface area contributed by atoms with E-state index in [-0.39, 0.29) is 5.76 Å². The Labute approximate surface area is 98.0 Å². The Bertz CT molecular complexity index is 436. The second-order valence-corrected chi connectivity index (χ2v) is 4.38. The quantitative estimate of drug-likeness (QED) is 0.797. The van der Waals surface area contributed by atoms with Gasteiger partial charge in [-0.05, 0) is 19.3 Å². The third kappa shape index (κ3) is 3.05. The number of hydrogen-bond donors (Lipinski definition) is 2.